The largest absolute Gasteiger partial charge is 0.437 e. The van der Waals surface area contributed by atoms with Gasteiger partial charge in [0.1, 0.15) is 24.7 Å². The van der Waals surface area contributed by atoms with Crippen molar-refractivity contribution in [2.45, 2.75) is 123 Å². The Morgan fingerprint density at radius 1 is 0.724 bits per heavy atom. The van der Waals surface area contributed by atoms with Gasteiger partial charge in [0.25, 0.3) is 0 Å². The third-order valence-corrected chi connectivity index (χ3v) is 11.2. The fourth-order valence-electron chi connectivity index (χ4n) is 7.41. The van der Waals surface area contributed by atoms with Crippen LogP contribution in [0.1, 0.15) is 89.2 Å². The number of esters is 2. The molecule has 4 aromatic rings. The van der Waals surface area contributed by atoms with Crippen LogP contribution < -0.4 is 11.5 Å². The van der Waals surface area contributed by atoms with Gasteiger partial charge in [0, 0.05) is 47.2 Å². The molecule has 0 bridgehead atoms. The first-order valence-corrected chi connectivity index (χ1v) is 19.4. The highest BCUT2D eigenvalue weighted by Gasteiger charge is 2.44. The summed E-state index contributed by atoms with van der Waals surface area (Å²) in [4.78, 5) is 46.9. The van der Waals surface area contributed by atoms with Gasteiger partial charge in [0.2, 0.25) is 0 Å². The van der Waals surface area contributed by atoms with Crippen LogP contribution in [0.5, 0.6) is 0 Å². The van der Waals surface area contributed by atoms with Crippen molar-refractivity contribution < 1.29 is 49.0 Å². The monoisotopic (exact) mass is 814 g/mol. The van der Waals surface area contributed by atoms with E-state index in [-0.39, 0.29) is 62.9 Å². The van der Waals surface area contributed by atoms with Crippen LogP contribution >= 0.6 is 0 Å². The maximum atomic E-state index is 11.9. The van der Waals surface area contributed by atoms with Gasteiger partial charge in [-0.15, -0.1) is 0 Å². The third kappa shape index (κ3) is 10.3. The molecule has 0 spiro atoms. The zero-order chi connectivity index (χ0) is 41.7. The van der Waals surface area contributed by atoms with Gasteiger partial charge < -0.3 is 60.8 Å². The number of carbonyl (C=O) groups is 2. The van der Waals surface area contributed by atoms with Crippen molar-refractivity contribution >= 4 is 34.0 Å². The first kappa shape index (κ1) is 46.5. The van der Waals surface area contributed by atoms with E-state index in [1.165, 1.54) is 12.7 Å². The Kier molecular flexibility index (Phi) is 16.2. The SMILES string of the molecule is C.Cc1ncnc2c([C@@H]3C[C@H](COC(C)OC(=O)[C@@H](N)C(C)C)[C@@H](O)[C@H]3O)c[nH]c12.Cc1ncnc2c([C@@H]3C[C@H](COCOC(=O)[C@@H](N)C(C)C)[C@@H](O)[C@H]3O)c[nH]c12. The Morgan fingerprint density at radius 2 is 1.17 bits per heavy atom. The molecular weight excluding hydrogens is 752 g/mol. The predicted octanol–water partition coefficient (Wildman–Crippen LogP) is 2.21. The average molecular weight is 815 g/mol. The quantitative estimate of drug-likeness (QED) is 0.0514. The molecule has 0 amide bonds. The zero-order valence-corrected chi connectivity index (χ0v) is 33.5. The van der Waals surface area contributed by atoms with E-state index in [0.717, 1.165) is 44.6 Å². The van der Waals surface area contributed by atoms with Gasteiger partial charge in [-0.2, -0.15) is 0 Å². The fourth-order valence-corrected chi connectivity index (χ4v) is 7.41. The number of aromatic amines is 2. The molecule has 58 heavy (non-hydrogen) atoms. The van der Waals surface area contributed by atoms with Crippen LogP contribution in [0.15, 0.2) is 25.0 Å². The number of aliphatic hydroxyl groups excluding tert-OH is 4. The summed E-state index contributed by atoms with van der Waals surface area (Å²) in [5.74, 6) is -2.25. The molecule has 2 saturated carbocycles. The van der Waals surface area contributed by atoms with Crippen LogP contribution in [0.25, 0.3) is 22.1 Å². The lowest BCUT2D eigenvalue weighted by Gasteiger charge is -2.21. The van der Waals surface area contributed by atoms with Crippen LogP contribution in [-0.2, 0) is 28.5 Å². The number of fused-ring (bicyclic) bond motifs is 2. The van der Waals surface area contributed by atoms with E-state index < -0.39 is 54.7 Å². The molecule has 2 fully saturated rings. The zero-order valence-electron chi connectivity index (χ0n) is 33.5. The van der Waals surface area contributed by atoms with E-state index in [0.29, 0.717) is 12.8 Å². The van der Waals surface area contributed by atoms with Crippen LogP contribution in [0.4, 0.5) is 0 Å². The van der Waals surface area contributed by atoms with E-state index >= 15 is 0 Å². The second-order valence-corrected chi connectivity index (χ2v) is 15.8. The Morgan fingerprint density at radius 3 is 1.64 bits per heavy atom. The molecule has 4 heterocycles. The molecule has 2 aliphatic rings. The number of ether oxygens (including phenoxy) is 4. The Bertz CT molecular complexity index is 1950. The van der Waals surface area contributed by atoms with Gasteiger partial charge in [-0.3, -0.25) is 9.59 Å². The molecule has 6 rings (SSSR count). The number of nitrogens with two attached hydrogens (primary N) is 2. The number of aliphatic hydroxyl groups is 4. The van der Waals surface area contributed by atoms with Crippen LogP contribution in [0, 0.1) is 37.5 Å². The number of nitrogens with zero attached hydrogens (tertiary/aromatic N) is 4. The van der Waals surface area contributed by atoms with Crippen molar-refractivity contribution in [3.05, 3.63) is 47.6 Å². The number of carbonyl (C=O) groups excluding carboxylic acids is 2. The molecule has 1 unspecified atom stereocenters. The first-order chi connectivity index (χ1) is 27.0. The standard InChI is InChI=1S/C20H30N4O5.C19H28N4O5.CH4/c1-9(2)15(21)20(27)29-11(4)28-7-12-5-13(19(26)18(12)25)14-6-22-16-10(3)23-8-24-17(14)16;1-9(2)14(20)19(26)28-8-27-6-11-4-12(18(25)17(11)24)13-5-21-15-10(3)22-7-23-16(13)15;/h6,8-9,11-13,15,18-19,22,25-26H,5,7,21H2,1-4H3;5,7,9,11-12,14,17-18,21,24-25H,4,6,8,20H2,1-3H3;1H4/t11?,12-,13+,15+,18-,19+;11-,12+,14+,17-,18+;/m11./s1. The molecule has 0 aliphatic heterocycles. The van der Waals surface area contributed by atoms with E-state index in [4.69, 9.17) is 30.4 Å². The summed E-state index contributed by atoms with van der Waals surface area (Å²) in [6, 6.07) is -1.41. The van der Waals surface area contributed by atoms with Crippen LogP contribution in [0.3, 0.4) is 0 Å². The maximum absolute atomic E-state index is 11.9. The van der Waals surface area contributed by atoms with Crippen molar-refractivity contribution in [2.24, 2.45) is 35.1 Å². The molecule has 18 heteroatoms. The molecule has 10 N–H and O–H groups in total. The summed E-state index contributed by atoms with van der Waals surface area (Å²) in [6.45, 7) is 12.8. The molecule has 11 atom stereocenters. The van der Waals surface area contributed by atoms with Crippen LogP contribution in [0.2, 0.25) is 0 Å². The van der Waals surface area contributed by atoms with E-state index in [1.807, 2.05) is 53.9 Å². The topological polar surface area (TPSA) is 287 Å². The minimum absolute atomic E-state index is 0. The predicted molar refractivity (Wildman–Crippen MR) is 214 cm³/mol. The highest BCUT2D eigenvalue weighted by atomic mass is 16.7. The minimum atomic E-state index is -0.950. The Labute approximate surface area is 338 Å². The summed E-state index contributed by atoms with van der Waals surface area (Å²) in [6.07, 6.45) is 3.10. The number of rotatable bonds is 14. The molecule has 0 saturated heterocycles. The summed E-state index contributed by atoms with van der Waals surface area (Å²) >= 11 is 0. The molecule has 0 aromatic carbocycles. The van der Waals surface area contributed by atoms with E-state index in [1.54, 1.807) is 6.92 Å². The van der Waals surface area contributed by atoms with Gasteiger partial charge in [-0.05, 0) is 45.4 Å². The number of H-pyrrole nitrogens is 2. The number of aromatic nitrogens is 6. The summed E-state index contributed by atoms with van der Waals surface area (Å²) in [5, 5.41) is 42.1. The third-order valence-electron chi connectivity index (χ3n) is 11.2. The smallest absolute Gasteiger partial charge is 0.325 e. The number of nitrogens with one attached hydrogen (secondary N) is 2. The van der Waals surface area contributed by atoms with Crippen molar-refractivity contribution in [1.82, 2.24) is 29.9 Å². The second kappa shape index (κ2) is 20.2. The van der Waals surface area contributed by atoms with Gasteiger partial charge in [-0.1, -0.05) is 35.1 Å². The number of hydrogen-bond acceptors (Lipinski definition) is 16. The van der Waals surface area contributed by atoms with Crippen LogP contribution in [-0.4, -0.2) is 125 Å². The second-order valence-electron chi connectivity index (χ2n) is 15.8. The molecular formula is C40H62N8O10. The number of aryl methyl sites for hydroxylation is 2. The lowest BCUT2D eigenvalue weighted by molar-refractivity contribution is -0.181. The normalized spacial score (nSPS) is 26.0. The average Bonchev–Trinajstić information content (AvgIpc) is 3.94. The fraction of sp³-hybridized carbons (Fsp3) is 0.650. The van der Waals surface area contributed by atoms with E-state index in [9.17, 15) is 30.0 Å². The van der Waals surface area contributed by atoms with Crippen molar-refractivity contribution in [3.63, 3.8) is 0 Å². The minimum Gasteiger partial charge on any atom is -0.437 e. The maximum Gasteiger partial charge on any atom is 0.325 e. The molecule has 2 aliphatic carbocycles. The van der Waals surface area contributed by atoms with Gasteiger partial charge in [0.05, 0.1) is 71.1 Å². The van der Waals surface area contributed by atoms with E-state index in [2.05, 4.69) is 29.9 Å². The summed E-state index contributed by atoms with van der Waals surface area (Å²) in [7, 11) is 0. The lowest BCUT2D eigenvalue weighted by atomic mass is 9.96. The van der Waals surface area contributed by atoms with Crippen molar-refractivity contribution in [2.75, 3.05) is 20.0 Å². The van der Waals surface area contributed by atoms with Gasteiger partial charge in [0.15, 0.2) is 13.1 Å². The highest BCUT2D eigenvalue weighted by molar-refractivity contribution is 5.82. The summed E-state index contributed by atoms with van der Waals surface area (Å²) in [5.41, 5.74) is 18.0. The number of hydrogen-bond donors (Lipinski definition) is 8. The van der Waals surface area contributed by atoms with Crippen molar-refractivity contribution in [1.29, 1.82) is 0 Å². The lowest BCUT2D eigenvalue weighted by Crippen LogP contribution is -2.39. The molecule has 0 radical (unpaired) electrons. The molecule has 322 valence electrons. The van der Waals surface area contributed by atoms with Gasteiger partial charge >= 0.3 is 11.9 Å². The van der Waals surface area contributed by atoms with Gasteiger partial charge in [-0.25, -0.2) is 19.9 Å². The van der Waals surface area contributed by atoms with Crippen molar-refractivity contribution in [3.8, 4) is 0 Å². The molecule has 4 aromatic heterocycles. The summed E-state index contributed by atoms with van der Waals surface area (Å²) < 4.78 is 21.2. The molecule has 18 nitrogen and oxygen atoms in total. The Balaban J connectivity index is 0.000000252. The first-order valence-electron chi connectivity index (χ1n) is 19.4. The highest BCUT2D eigenvalue weighted by Crippen LogP contribution is 2.42. The Hall–Kier alpha value is -4.14.